The molecule has 0 saturated carbocycles. The molecule has 0 heterocycles. The SMILES string of the molecule is CCOC(=O)C(=Cc1ccc(OC)c(C(=O)NCc2ccc(C(F)(F)F)cc2)c1)CC. The molecule has 2 rings (SSSR count). The molecular weight excluding hydrogens is 411 g/mol. The van der Waals surface area contributed by atoms with Crippen LogP contribution in [0.1, 0.15) is 47.3 Å². The van der Waals surface area contributed by atoms with Gasteiger partial charge in [0, 0.05) is 12.1 Å². The van der Waals surface area contributed by atoms with Gasteiger partial charge in [-0.05, 0) is 54.8 Å². The van der Waals surface area contributed by atoms with E-state index in [0.717, 1.165) is 12.1 Å². The summed E-state index contributed by atoms with van der Waals surface area (Å²) in [5.41, 5.74) is 1.08. The molecule has 0 atom stereocenters. The molecule has 0 aliphatic rings. The number of alkyl halides is 3. The van der Waals surface area contributed by atoms with Gasteiger partial charge in [0.2, 0.25) is 0 Å². The third-order valence-corrected chi connectivity index (χ3v) is 4.46. The predicted octanol–water partition coefficient (Wildman–Crippen LogP) is 5.00. The average molecular weight is 435 g/mol. The van der Waals surface area contributed by atoms with Crippen LogP contribution in [0, 0.1) is 0 Å². The minimum atomic E-state index is -4.41. The van der Waals surface area contributed by atoms with E-state index < -0.39 is 23.6 Å². The third kappa shape index (κ3) is 6.60. The zero-order valence-corrected chi connectivity index (χ0v) is 17.5. The maximum Gasteiger partial charge on any atom is 0.416 e. The maximum absolute atomic E-state index is 12.7. The van der Waals surface area contributed by atoms with Gasteiger partial charge in [-0.15, -0.1) is 0 Å². The number of carbonyl (C=O) groups is 2. The molecule has 0 aliphatic heterocycles. The van der Waals surface area contributed by atoms with Gasteiger partial charge < -0.3 is 14.8 Å². The molecule has 0 bridgehead atoms. The topological polar surface area (TPSA) is 64.6 Å². The van der Waals surface area contributed by atoms with E-state index in [2.05, 4.69) is 5.32 Å². The van der Waals surface area contributed by atoms with Gasteiger partial charge in [-0.2, -0.15) is 13.2 Å². The van der Waals surface area contributed by atoms with Crippen LogP contribution in [0.25, 0.3) is 6.08 Å². The van der Waals surface area contributed by atoms with E-state index in [0.29, 0.717) is 28.9 Å². The Bertz CT molecular complexity index is 950. The van der Waals surface area contributed by atoms with E-state index in [1.165, 1.54) is 19.2 Å². The van der Waals surface area contributed by atoms with E-state index >= 15 is 0 Å². The highest BCUT2D eigenvalue weighted by Gasteiger charge is 2.29. The molecule has 31 heavy (non-hydrogen) atoms. The molecule has 0 aromatic heterocycles. The molecule has 5 nitrogen and oxygen atoms in total. The van der Waals surface area contributed by atoms with Crippen LogP contribution < -0.4 is 10.1 Å². The quantitative estimate of drug-likeness (QED) is 0.468. The lowest BCUT2D eigenvalue weighted by Gasteiger charge is -2.12. The summed E-state index contributed by atoms with van der Waals surface area (Å²) in [5.74, 6) is -0.549. The van der Waals surface area contributed by atoms with E-state index in [-0.39, 0.29) is 18.7 Å². The van der Waals surface area contributed by atoms with Crippen molar-refractivity contribution in [2.75, 3.05) is 13.7 Å². The number of rotatable bonds is 8. The number of carbonyl (C=O) groups excluding carboxylic acids is 2. The first-order valence-electron chi connectivity index (χ1n) is 9.69. The zero-order valence-electron chi connectivity index (χ0n) is 17.5. The van der Waals surface area contributed by atoms with E-state index in [4.69, 9.17) is 9.47 Å². The summed E-state index contributed by atoms with van der Waals surface area (Å²) in [4.78, 5) is 24.7. The van der Waals surface area contributed by atoms with Gasteiger partial charge in [-0.25, -0.2) is 4.79 Å². The molecule has 0 saturated heterocycles. The number of esters is 1. The molecule has 0 spiro atoms. The highest BCUT2D eigenvalue weighted by atomic mass is 19.4. The summed E-state index contributed by atoms with van der Waals surface area (Å²) in [7, 11) is 1.42. The summed E-state index contributed by atoms with van der Waals surface area (Å²) in [6, 6.07) is 9.45. The number of amides is 1. The average Bonchev–Trinajstić information content (AvgIpc) is 2.75. The second-order valence-corrected chi connectivity index (χ2v) is 6.58. The fourth-order valence-electron chi connectivity index (χ4n) is 2.81. The Balaban J connectivity index is 2.19. The summed E-state index contributed by atoms with van der Waals surface area (Å²) >= 11 is 0. The second-order valence-electron chi connectivity index (χ2n) is 6.58. The Labute approximate surface area is 178 Å². The van der Waals surface area contributed by atoms with Crippen molar-refractivity contribution in [3.8, 4) is 5.75 Å². The first-order valence-corrected chi connectivity index (χ1v) is 9.69. The third-order valence-electron chi connectivity index (χ3n) is 4.46. The van der Waals surface area contributed by atoms with Crippen LogP contribution in [0.2, 0.25) is 0 Å². The van der Waals surface area contributed by atoms with Gasteiger partial charge >= 0.3 is 12.1 Å². The lowest BCUT2D eigenvalue weighted by molar-refractivity contribution is -0.139. The highest BCUT2D eigenvalue weighted by molar-refractivity contribution is 5.98. The van der Waals surface area contributed by atoms with Crippen molar-refractivity contribution in [1.29, 1.82) is 0 Å². The van der Waals surface area contributed by atoms with Crippen molar-refractivity contribution in [3.63, 3.8) is 0 Å². The number of hydrogen-bond donors (Lipinski definition) is 1. The molecule has 0 radical (unpaired) electrons. The van der Waals surface area contributed by atoms with E-state index in [1.54, 1.807) is 31.2 Å². The molecule has 0 fully saturated rings. The smallest absolute Gasteiger partial charge is 0.416 e. The van der Waals surface area contributed by atoms with Crippen molar-refractivity contribution < 1.29 is 32.2 Å². The van der Waals surface area contributed by atoms with Gasteiger partial charge in [0.1, 0.15) is 5.75 Å². The number of benzene rings is 2. The summed E-state index contributed by atoms with van der Waals surface area (Å²) in [6.07, 6.45) is -2.31. The molecule has 8 heteroatoms. The summed E-state index contributed by atoms with van der Waals surface area (Å²) in [6.45, 7) is 3.85. The van der Waals surface area contributed by atoms with Crippen molar-refractivity contribution in [2.45, 2.75) is 33.0 Å². The molecule has 1 N–H and O–H groups in total. The van der Waals surface area contributed by atoms with Crippen molar-refractivity contribution >= 4 is 18.0 Å². The minimum Gasteiger partial charge on any atom is -0.496 e. The van der Waals surface area contributed by atoms with E-state index in [1.807, 2.05) is 6.92 Å². The predicted molar refractivity (Wildman–Crippen MR) is 111 cm³/mol. The number of hydrogen-bond acceptors (Lipinski definition) is 4. The fourth-order valence-corrected chi connectivity index (χ4v) is 2.81. The Morgan fingerprint density at radius 2 is 1.74 bits per heavy atom. The summed E-state index contributed by atoms with van der Waals surface area (Å²) < 4.78 is 48.3. The van der Waals surface area contributed by atoms with Gasteiger partial charge in [-0.1, -0.05) is 25.1 Å². The van der Waals surface area contributed by atoms with Gasteiger partial charge in [0.25, 0.3) is 5.91 Å². The standard InChI is InChI=1S/C23H24F3NO4/c1-4-17(22(29)31-5-2)12-16-8-11-20(30-3)19(13-16)21(28)27-14-15-6-9-18(10-7-15)23(24,25)26/h6-13H,4-5,14H2,1-3H3,(H,27,28). The van der Waals surface area contributed by atoms with Crippen molar-refractivity contribution in [2.24, 2.45) is 0 Å². The van der Waals surface area contributed by atoms with Gasteiger partial charge in [-0.3, -0.25) is 4.79 Å². The normalized spacial score (nSPS) is 11.7. The van der Waals surface area contributed by atoms with Crippen LogP contribution >= 0.6 is 0 Å². The first-order chi connectivity index (χ1) is 14.7. The molecule has 1 amide bonds. The monoisotopic (exact) mass is 435 g/mol. The highest BCUT2D eigenvalue weighted by Crippen LogP contribution is 2.29. The molecule has 0 unspecified atom stereocenters. The summed E-state index contributed by atoms with van der Waals surface area (Å²) in [5, 5.41) is 2.67. The van der Waals surface area contributed by atoms with Crippen molar-refractivity contribution in [3.05, 3.63) is 70.3 Å². The number of ether oxygens (including phenoxy) is 2. The molecule has 0 aliphatic carbocycles. The molecule has 2 aromatic rings. The maximum atomic E-state index is 12.7. The second kappa shape index (κ2) is 10.7. The minimum absolute atomic E-state index is 0.0449. The molecule has 2 aromatic carbocycles. The van der Waals surface area contributed by atoms with Crippen LogP contribution in [0.3, 0.4) is 0 Å². The van der Waals surface area contributed by atoms with Gasteiger partial charge in [0.15, 0.2) is 0 Å². The fraction of sp³-hybridized carbons (Fsp3) is 0.304. The van der Waals surface area contributed by atoms with Crippen LogP contribution in [-0.2, 0) is 22.3 Å². The molecule has 166 valence electrons. The lowest BCUT2D eigenvalue weighted by atomic mass is 10.0. The van der Waals surface area contributed by atoms with Crippen LogP contribution in [-0.4, -0.2) is 25.6 Å². The number of nitrogens with one attached hydrogen (secondary N) is 1. The Morgan fingerprint density at radius 3 is 2.29 bits per heavy atom. The number of methoxy groups -OCH3 is 1. The number of halogens is 3. The lowest BCUT2D eigenvalue weighted by Crippen LogP contribution is -2.23. The first kappa shape index (κ1) is 24.0. The molecular formula is C23H24F3NO4. The van der Waals surface area contributed by atoms with Crippen LogP contribution in [0.4, 0.5) is 13.2 Å². The van der Waals surface area contributed by atoms with E-state index in [9.17, 15) is 22.8 Å². The Hall–Kier alpha value is -3.29. The van der Waals surface area contributed by atoms with Gasteiger partial charge in [0.05, 0.1) is 24.8 Å². The largest absolute Gasteiger partial charge is 0.496 e. The van der Waals surface area contributed by atoms with Crippen LogP contribution in [0.15, 0.2) is 48.0 Å². The van der Waals surface area contributed by atoms with Crippen molar-refractivity contribution in [1.82, 2.24) is 5.32 Å². The Kier molecular flexibility index (Phi) is 8.24. The zero-order chi connectivity index (χ0) is 23.0. The Morgan fingerprint density at radius 1 is 1.06 bits per heavy atom. The van der Waals surface area contributed by atoms with Crippen LogP contribution in [0.5, 0.6) is 5.75 Å².